The molecule has 2 N–H and O–H groups in total. The quantitative estimate of drug-likeness (QED) is 0.761. The Kier molecular flexibility index (Phi) is 3.32. The molecule has 9 heteroatoms. The number of aromatic nitrogens is 4. The molecular weight excluding hydrogens is 292 g/mol. The van der Waals surface area contributed by atoms with Crippen LogP contribution in [0.1, 0.15) is 17.4 Å². The zero-order valence-electron chi connectivity index (χ0n) is 10.9. The van der Waals surface area contributed by atoms with E-state index in [0.29, 0.717) is 16.6 Å². The van der Waals surface area contributed by atoms with Gasteiger partial charge in [-0.1, -0.05) is 0 Å². The van der Waals surface area contributed by atoms with Crippen LogP contribution >= 0.6 is 11.3 Å². The van der Waals surface area contributed by atoms with Crippen molar-refractivity contribution in [1.29, 1.82) is 0 Å². The van der Waals surface area contributed by atoms with Crippen molar-refractivity contribution in [1.82, 2.24) is 19.6 Å². The number of nitrogens with zero attached hydrogens (tertiary/aromatic N) is 4. The molecule has 0 unspecified atom stereocenters. The molecule has 3 aromatic heterocycles. The molecule has 0 saturated heterocycles. The lowest BCUT2D eigenvalue weighted by molar-refractivity contribution is -0.114. The number of anilines is 2. The first kappa shape index (κ1) is 13.2. The second-order valence-corrected chi connectivity index (χ2v) is 4.96. The maximum absolute atomic E-state index is 12.1. The van der Waals surface area contributed by atoms with Crippen LogP contribution in [-0.2, 0) is 4.79 Å². The van der Waals surface area contributed by atoms with E-state index in [1.54, 1.807) is 29.9 Å². The lowest BCUT2D eigenvalue weighted by atomic mass is 10.4. The highest BCUT2D eigenvalue weighted by atomic mass is 32.1. The number of hydrogen-bond donors (Lipinski definition) is 2. The second-order valence-electron chi connectivity index (χ2n) is 4.10. The van der Waals surface area contributed by atoms with Gasteiger partial charge in [-0.15, -0.1) is 11.3 Å². The molecule has 3 heterocycles. The van der Waals surface area contributed by atoms with Gasteiger partial charge < -0.3 is 10.6 Å². The Hall–Kier alpha value is -2.81. The summed E-state index contributed by atoms with van der Waals surface area (Å²) in [6.45, 7) is 1.38. The van der Waals surface area contributed by atoms with Crippen molar-refractivity contribution in [3.8, 4) is 0 Å². The molecule has 0 aromatic carbocycles. The van der Waals surface area contributed by atoms with E-state index in [1.807, 2.05) is 0 Å². The topological polar surface area (TPSA) is 101 Å². The zero-order valence-corrected chi connectivity index (χ0v) is 11.7. The van der Waals surface area contributed by atoms with Crippen molar-refractivity contribution >= 4 is 39.7 Å². The summed E-state index contributed by atoms with van der Waals surface area (Å²) < 4.78 is 1.51. The van der Waals surface area contributed by atoms with Crippen LogP contribution in [0.3, 0.4) is 0 Å². The summed E-state index contributed by atoms with van der Waals surface area (Å²) in [6, 6.07) is 3.37. The third-order valence-corrected chi connectivity index (χ3v) is 3.31. The number of amides is 2. The Morgan fingerprint density at radius 3 is 2.90 bits per heavy atom. The van der Waals surface area contributed by atoms with E-state index in [-0.39, 0.29) is 17.5 Å². The first-order chi connectivity index (χ1) is 10.1. The van der Waals surface area contributed by atoms with Crippen LogP contribution in [0.2, 0.25) is 0 Å². The molecule has 0 aliphatic carbocycles. The van der Waals surface area contributed by atoms with Gasteiger partial charge in [-0.05, 0) is 6.07 Å². The summed E-state index contributed by atoms with van der Waals surface area (Å²) in [7, 11) is 0. The molecular formula is C12H10N6O2S. The molecule has 8 nitrogen and oxygen atoms in total. The summed E-state index contributed by atoms with van der Waals surface area (Å²) >= 11 is 1.18. The molecule has 0 spiro atoms. The number of rotatable bonds is 3. The highest BCUT2D eigenvalue weighted by Gasteiger charge is 2.13. The van der Waals surface area contributed by atoms with E-state index in [2.05, 4.69) is 25.7 Å². The van der Waals surface area contributed by atoms with Gasteiger partial charge in [0.05, 0.1) is 6.20 Å². The predicted molar refractivity (Wildman–Crippen MR) is 77.4 cm³/mol. The standard InChI is InChI=1S/C12H10N6O2S/c1-7(19)15-12-16-8(6-21-12)11(20)17-10-2-4-13-9-3-5-14-18(9)10/h2-6H,1H3,(H,17,20)(H,15,16,19). The van der Waals surface area contributed by atoms with Crippen molar-refractivity contribution in [2.24, 2.45) is 0 Å². The van der Waals surface area contributed by atoms with Gasteiger partial charge in [-0.25, -0.2) is 9.97 Å². The lowest BCUT2D eigenvalue weighted by Gasteiger charge is -2.04. The van der Waals surface area contributed by atoms with Gasteiger partial charge in [0.1, 0.15) is 11.5 Å². The summed E-state index contributed by atoms with van der Waals surface area (Å²) in [5.41, 5.74) is 0.853. The number of carbonyl (C=O) groups excluding carboxylic acids is 2. The monoisotopic (exact) mass is 302 g/mol. The van der Waals surface area contributed by atoms with Crippen LogP contribution in [0, 0.1) is 0 Å². The van der Waals surface area contributed by atoms with Gasteiger partial charge in [0.15, 0.2) is 10.8 Å². The van der Waals surface area contributed by atoms with E-state index in [0.717, 1.165) is 0 Å². The van der Waals surface area contributed by atoms with Crippen molar-refractivity contribution in [3.05, 3.63) is 35.6 Å². The van der Waals surface area contributed by atoms with Gasteiger partial charge in [0.2, 0.25) is 5.91 Å². The highest BCUT2D eigenvalue weighted by molar-refractivity contribution is 7.14. The molecule has 0 aliphatic heterocycles. The SMILES string of the molecule is CC(=O)Nc1nc(C(=O)Nc2ccnc3ccnn23)cs1. The van der Waals surface area contributed by atoms with Crippen LogP contribution in [0.5, 0.6) is 0 Å². The van der Waals surface area contributed by atoms with E-state index in [1.165, 1.54) is 22.8 Å². The number of hydrogen-bond acceptors (Lipinski definition) is 6. The minimum absolute atomic E-state index is 0.223. The highest BCUT2D eigenvalue weighted by Crippen LogP contribution is 2.17. The summed E-state index contributed by atoms with van der Waals surface area (Å²) in [5, 5.41) is 11.3. The van der Waals surface area contributed by atoms with E-state index < -0.39 is 0 Å². The molecule has 0 aliphatic rings. The van der Waals surface area contributed by atoms with Crippen LogP contribution in [0.4, 0.5) is 10.9 Å². The summed E-state index contributed by atoms with van der Waals surface area (Å²) in [5.74, 6) is -0.126. The Morgan fingerprint density at radius 1 is 1.24 bits per heavy atom. The van der Waals surface area contributed by atoms with E-state index >= 15 is 0 Å². The Labute approximate surface area is 122 Å². The molecule has 0 bridgehead atoms. The fourth-order valence-electron chi connectivity index (χ4n) is 1.70. The van der Waals surface area contributed by atoms with Crippen LogP contribution in [0.15, 0.2) is 29.9 Å². The number of nitrogens with one attached hydrogen (secondary N) is 2. The van der Waals surface area contributed by atoms with Crippen LogP contribution < -0.4 is 10.6 Å². The molecule has 3 aromatic rings. The summed E-state index contributed by atoms with van der Waals surface area (Å²) in [6.07, 6.45) is 3.17. The normalized spacial score (nSPS) is 10.5. The largest absolute Gasteiger partial charge is 0.305 e. The van der Waals surface area contributed by atoms with Crippen molar-refractivity contribution in [2.45, 2.75) is 6.92 Å². The molecule has 2 amide bonds. The zero-order chi connectivity index (χ0) is 14.8. The fourth-order valence-corrected chi connectivity index (χ4v) is 2.43. The fraction of sp³-hybridized carbons (Fsp3) is 0.0833. The first-order valence-corrected chi connectivity index (χ1v) is 6.84. The Morgan fingerprint density at radius 2 is 2.10 bits per heavy atom. The van der Waals surface area contributed by atoms with Crippen LogP contribution in [-0.4, -0.2) is 31.4 Å². The number of carbonyl (C=O) groups is 2. The minimum atomic E-state index is -0.383. The lowest BCUT2D eigenvalue weighted by Crippen LogP contribution is -2.15. The molecule has 0 radical (unpaired) electrons. The van der Waals surface area contributed by atoms with Crippen molar-refractivity contribution < 1.29 is 9.59 Å². The summed E-state index contributed by atoms with van der Waals surface area (Å²) in [4.78, 5) is 31.2. The third kappa shape index (κ3) is 2.72. The van der Waals surface area contributed by atoms with Gasteiger partial charge in [-0.2, -0.15) is 9.61 Å². The van der Waals surface area contributed by atoms with Crippen molar-refractivity contribution in [3.63, 3.8) is 0 Å². The van der Waals surface area contributed by atoms with Gasteiger partial charge in [-0.3, -0.25) is 9.59 Å². The first-order valence-electron chi connectivity index (χ1n) is 5.97. The molecule has 21 heavy (non-hydrogen) atoms. The molecule has 0 fully saturated rings. The van der Waals surface area contributed by atoms with E-state index in [9.17, 15) is 9.59 Å². The maximum Gasteiger partial charge on any atom is 0.276 e. The molecule has 3 rings (SSSR count). The van der Waals surface area contributed by atoms with E-state index in [4.69, 9.17) is 0 Å². The number of thiazole rings is 1. The maximum atomic E-state index is 12.1. The van der Waals surface area contributed by atoms with Crippen LogP contribution in [0.25, 0.3) is 5.65 Å². The molecule has 106 valence electrons. The predicted octanol–water partition coefficient (Wildman–Crippen LogP) is 1.40. The molecule has 0 saturated carbocycles. The van der Waals surface area contributed by atoms with Crippen molar-refractivity contribution in [2.75, 3.05) is 10.6 Å². The Bertz CT molecular complexity index is 824. The number of fused-ring (bicyclic) bond motifs is 1. The average molecular weight is 302 g/mol. The smallest absolute Gasteiger partial charge is 0.276 e. The third-order valence-electron chi connectivity index (χ3n) is 2.55. The van der Waals surface area contributed by atoms with Gasteiger partial charge in [0, 0.05) is 24.6 Å². The van der Waals surface area contributed by atoms with Gasteiger partial charge >= 0.3 is 0 Å². The Balaban J connectivity index is 1.81. The second kappa shape index (κ2) is 5.29. The minimum Gasteiger partial charge on any atom is -0.305 e. The van der Waals surface area contributed by atoms with Gasteiger partial charge in [0.25, 0.3) is 5.91 Å². The molecule has 0 atom stereocenters. The average Bonchev–Trinajstić information content (AvgIpc) is 3.07.